The fourth-order valence-electron chi connectivity index (χ4n) is 2.58. The second-order valence-electron chi connectivity index (χ2n) is 5.72. The van der Waals surface area contributed by atoms with Gasteiger partial charge in [0.25, 0.3) is 12.3 Å². The molecular formula is C16H15Cl3F3N3O2. The fraction of sp³-hybridized carbons (Fsp3) is 0.375. The van der Waals surface area contributed by atoms with Gasteiger partial charge in [-0.3, -0.25) is 14.3 Å². The first-order valence-corrected chi connectivity index (χ1v) is 8.73. The standard InChI is InChI=1S/C16H15Cl3F3N3O2/c1-7(4-8-10(17)5-11(18)12(19)13(8)20)25(27-3)16(26)9-6-24(2)23-14(9)15(21)22/h5-7,15H,4H2,1-3H3. The molecule has 1 unspecified atom stereocenters. The molecule has 148 valence electrons. The molecule has 5 nitrogen and oxygen atoms in total. The zero-order chi connectivity index (χ0) is 20.5. The Morgan fingerprint density at radius 3 is 2.52 bits per heavy atom. The van der Waals surface area contributed by atoms with Gasteiger partial charge in [0.1, 0.15) is 11.5 Å². The second kappa shape index (κ2) is 8.68. The monoisotopic (exact) mass is 443 g/mol. The highest BCUT2D eigenvalue weighted by molar-refractivity contribution is 6.43. The van der Waals surface area contributed by atoms with Gasteiger partial charge < -0.3 is 0 Å². The molecule has 0 radical (unpaired) electrons. The van der Waals surface area contributed by atoms with Crippen molar-refractivity contribution in [1.29, 1.82) is 0 Å². The molecule has 0 bridgehead atoms. The Labute approximate surface area is 168 Å². The first kappa shape index (κ1) is 21.8. The number of aromatic nitrogens is 2. The van der Waals surface area contributed by atoms with Crippen LogP contribution in [0, 0.1) is 5.82 Å². The zero-order valence-corrected chi connectivity index (χ0v) is 16.7. The van der Waals surface area contributed by atoms with E-state index in [0.717, 1.165) is 15.9 Å². The summed E-state index contributed by atoms with van der Waals surface area (Å²) in [6, 6.07) is 0.517. The van der Waals surface area contributed by atoms with Crippen LogP contribution in [0.1, 0.15) is 35.0 Å². The highest BCUT2D eigenvalue weighted by atomic mass is 35.5. The Kier molecular flexibility index (Phi) is 7.02. The van der Waals surface area contributed by atoms with Gasteiger partial charge in [0.15, 0.2) is 0 Å². The summed E-state index contributed by atoms with van der Waals surface area (Å²) in [6.45, 7) is 1.54. The molecule has 0 saturated heterocycles. The highest BCUT2D eigenvalue weighted by Crippen LogP contribution is 2.34. The normalized spacial score (nSPS) is 12.5. The van der Waals surface area contributed by atoms with E-state index in [0.29, 0.717) is 0 Å². The van der Waals surface area contributed by atoms with E-state index < -0.39 is 29.9 Å². The second-order valence-corrected chi connectivity index (χ2v) is 6.91. The molecule has 0 saturated carbocycles. The maximum Gasteiger partial charge on any atom is 0.282 e. The lowest BCUT2D eigenvalue weighted by molar-refractivity contribution is -0.119. The Bertz CT molecular complexity index is 861. The lowest BCUT2D eigenvalue weighted by Crippen LogP contribution is -2.39. The van der Waals surface area contributed by atoms with Gasteiger partial charge in [0.2, 0.25) is 0 Å². The van der Waals surface area contributed by atoms with Crippen LogP contribution in [-0.2, 0) is 18.3 Å². The molecule has 11 heteroatoms. The Morgan fingerprint density at radius 2 is 1.96 bits per heavy atom. The van der Waals surface area contributed by atoms with Gasteiger partial charge in [-0.2, -0.15) is 5.10 Å². The maximum atomic E-state index is 14.4. The van der Waals surface area contributed by atoms with E-state index in [4.69, 9.17) is 39.6 Å². The molecule has 1 aromatic heterocycles. The molecule has 0 aliphatic carbocycles. The van der Waals surface area contributed by atoms with Gasteiger partial charge in [-0.25, -0.2) is 18.2 Å². The van der Waals surface area contributed by atoms with Crippen LogP contribution in [0.25, 0.3) is 0 Å². The smallest absolute Gasteiger partial charge is 0.275 e. The van der Waals surface area contributed by atoms with Crippen molar-refractivity contribution in [2.24, 2.45) is 7.05 Å². The van der Waals surface area contributed by atoms with Gasteiger partial charge in [-0.1, -0.05) is 34.8 Å². The average Bonchev–Trinajstić information content (AvgIpc) is 2.99. The summed E-state index contributed by atoms with van der Waals surface area (Å²) in [5, 5.41) is 4.11. The van der Waals surface area contributed by atoms with Gasteiger partial charge in [-0.05, 0) is 19.4 Å². The maximum absolute atomic E-state index is 14.4. The third-order valence-electron chi connectivity index (χ3n) is 3.80. The number of alkyl halides is 2. The number of halogens is 6. The number of hydrogen-bond donors (Lipinski definition) is 0. The molecule has 1 atom stereocenters. The molecule has 1 aromatic carbocycles. The van der Waals surface area contributed by atoms with Gasteiger partial charge in [-0.15, -0.1) is 0 Å². The van der Waals surface area contributed by atoms with Gasteiger partial charge in [0.05, 0.1) is 28.8 Å². The Balaban J connectivity index is 2.33. The number of hydroxylamine groups is 2. The minimum Gasteiger partial charge on any atom is -0.275 e. The number of hydrogen-bond acceptors (Lipinski definition) is 3. The minimum absolute atomic E-state index is 0.0203. The van der Waals surface area contributed by atoms with E-state index in [1.807, 2.05) is 0 Å². The van der Waals surface area contributed by atoms with Crippen molar-refractivity contribution < 1.29 is 22.8 Å². The molecule has 0 aliphatic rings. The van der Waals surface area contributed by atoms with Crippen molar-refractivity contribution in [2.75, 3.05) is 7.11 Å². The predicted molar refractivity (Wildman–Crippen MR) is 95.9 cm³/mol. The van der Waals surface area contributed by atoms with Crippen LogP contribution in [0.4, 0.5) is 13.2 Å². The summed E-state index contributed by atoms with van der Waals surface area (Å²) < 4.78 is 41.7. The van der Waals surface area contributed by atoms with Crippen LogP contribution in [0.15, 0.2) is 12.3 Å². The lowest BCUT2D eigenvalue weighted by atomic mass is 10.1. The SMILES string of the molecule is CON(C(=O)c1cn(C)nc1C(F)F)C(C)Cc1c(Cl)cc(Cl)c(Cl)c1F. The van der Waals surface area contributed by atoms with Crippen molar-refractivity contribution in [2.45, 2.75) is 25.8 Å². The zero-order valence-electron chi connectivity index (χ0n) is 14.4. The summed E-state index contributed by atoms with van der Waals surface area (Å²) in [4.78, 5) is 17.7. The number of benzene rings is 1. The van der Waals surface area contributed by atoms with Crippen LogP contribution < -0.4 is 0 Å². The summed E-state index contributed by atoms with van der Waals surface area (Å²) in [5.74, 6) is -1.66. The predicted octanol–water partition coefficient (Wildman–Crippen LogP) is 5.09. The van der Waals surface area contributed by atoms with Crippen molar-refractivity contribution in [1.82, 2.24) is 14.8 Å². The van der Waals surface area contributed by atoms with Crippen LogP contribution in [0.2, 0.25) is 15.1 Å². The summed E-state index contributed by atoms with van der Waals surface area (Å²) >= 11 is 17.6. The molecular weight excluding hydrogens is 430 g/mol. The number of rotatable bonds is 6. The third kappa shape index (κ3) is 4.51. The first-order valence-electron chi connectivity index (χ1n) is 7.59. The van der Waals surface area contributed by atoms with Gasteiger partial charge >= 0.3 is 0 Å². The minimum atomic E-state index is -2.94. The van der Waals surface area contributed by atoms with Crippen molar-refractivity contribution in [3.63, 3.8) is 0 Å². The molecule has 2 aromatic rings. The average molecular weight is 445 g/mol. The number of nitrogens with zero attached hydrogens (tertiary/aromatic N) is 3. The molecule has 27 heavy (non-hydrogen) atoms. The van der Waals surface area contributed by atoms with Crippen molar-refractivity contribution in [3.8, 4) is 0 Å². The fourth-order valence-corrected chi connectivity index (χ4v) is 3.27. The summed E-state index contributed by atoms with van der Waals surface area (Å²) in [5.41, 5.74) is -0.967. The summed E-state index contributed by atoms with van der Waals surface area (Å²) in [6.07, 6.45) is -1.87. The van der Waals surface area contributed by atoms with E-state index >= 15 is 0 Å². The van der Waals surface area contributed by atoms with E-state index in [1.54, 1.807) is 0 Å². The topological polar surface area (TPSA) is 47.4 Å². The lowest BCUT2D eigenvalue weighted by Gasteiger charge is -2.27. The Morgan fingerprint density at radius 1 is 1.33 bits per heavy atom. The molecule has 0 aliphatic heterocycles. The molecule has 0 spiro atoms. The van der Waals surface area contributed by atoms with E-state index in [9.17, 15) is 18.0 Å². The van der Waals surface area contributed by atoms with Crippen LogP contribution in [0.3, 0.4) is 0 Å². The van der Waals surface area contributed by atoms with Crippen LogP contribution in [-0.4, -0.2) is 33.9 Å². The quantitative estimate of drug-likeness (QED) is 0.354. The molecule has 0 fully saturated rings. The largest absolute Gasteiger partial charge is 0.282 e. The first-order chi connectivity index (χ1) is 12.6. The van der Waals surface area contributed by atoms with E-state index in [-0.39, 0.29) is 32.6 Å². The van der Waals surface area contributed by atoms with Crippen LogP contribution >= 0.6 is 34.8 Å². The van der Waals surface area contributed by atoms with Crippen molar-refractivity contribution >= 4 is 40.7 Å². The highest BCUT2D eigenvalue weighted by Gasteiger charge is 2.30. The Hall–Kier alpha value is -1.48. The van der Waals surface area contributed by atoms with E-state index in [1.165, 1.54) is 27.1 Å². The number of amides is 1. The molecule has 0 N–H and O–H groups in total. The van der Waals surface area contributed by atoms with Crippen molar-refractivity contribution in [3.05, 3.63) is 50.0 Å². The molecule has 1 amide bonds. The molecule has 2 rings (SSSR count). The third-order valence-corrected chi connectivity index (χ3v) is 4.90. The number of carbonyl (C=O) groups excluding carboxylic acids is 1. The summed E-state index contributed by atoms with van der Waals surface area (Å²) in [7, 11) is 2.60. The van der Waals surface area contributed by atoms with Crippen LogP contribution in [0.5, 0.6) is 0 Å². The number of carbonyl (C=O) groups is 1. The van der Waals surface area contributed by atoms with Gasteiger partial charge in [0, 0.05) is 23.8 Å². The van der Waals surface area contributed by atoms with E-state index in [2.05, 4.69) is 5.10 Å². The molecule has 1 heterocycles. The number of aryl methyl sites for hydroxylation is 1.